The molecule has 2 N–H and O–H groups in total. The highest BCUT2D eigenvalue weighted by Crippen LogP contribution is 2.31. The van der Waals surface area contributed by atoms with Gasteiger partial charge >= 0.3 is 0 Å². The van der Waals surface area contributed by atoms with Crippen LogP contribution in [0.1, 0.15) is 23.6 Å². The van der Waals surface area contributed by atoms with E-state index in [1.54, 1.807) is 32.0 Å². The number of phenols is 1. The Morgan fingerprint density at radius 1 is 1.00 bits per heavy atom. The molecule has 0 aromatic heterocycles. The summed E-state index contributed by atoms with van der Waals surface area (Å²) in [7, 11) is 0. The molecule has 18 heavy (non-hydrogen) atoms. The summed E-state index contributed by atoms with van der Waals surface area (Å²) >= 11 is 0. The van der Waals surface area contributed by atoms with E-state index in [0.29, 0.717) is 11.1 Å². The second-order valence-corrected chi connectivity index (χ2v) is 4.64. The second kappa shape index (κ2) is 4.42. The lowest BCUT2D eigenvalue weighted by Crippen LogP contribution is -2.23. The van der Waals surface area contributed by atoms with Gasteiger partial charge in [-0.15, -0.1) is 0 Å². The molecular formula is C15H15FO2. The van der Waals surface area contributed by atoms with E-state index in [9.17, 15) is 14.6 Å². The monoisotopic (exact) mass is 246 g/mol. The highest BCUT2D eigenvalue weighted by molar-refractivity contribution is 5.39. The zero-order valence-electron chi connectivity index (χ0n) is 10.3. The molecule has 0 saturated carbocycles. The van der Waals surface area contributed by atoms with Crippen molar-refractivity contribution in [3.05, 3.63) is 65.0 Å². The van der Waals surface area contributed by atoms with E-state index in [-0.39, 0.29) is 11.6 Å². The molecule has 0 heterocycles. The van der Waals surface area contributed by atoms with Gasteiger partial charge in [-0.3, -0.25) is 0 Å². The average molecular weight is 246 g/mol. The van der Waals surface area contributed by atoms with Crippen molar-refractivity contribution in [1.29, 1.82) is 0 Å². The maximum Gasteiger partial charge on any atom is 0.123 e. The van der Waals surface area contributed by atoms with Gasteiger partial charge in [-0.25, -0.2) is 4.39 Å². The number of rotatable bonds is 2. The van der Waals surface area contributed by atoms with Crippen LogP contribution in [0.5, 0.6) is 5.75 Å². The SMILES string of the molecule is Cc1cc(F)cc(C(C)(O)c2ccc(O)cc2)c1. The summed E-state index contributed by atoms with van der Waals surface area (Å²) in [4.78, 5) is 0. The minimum atomic E-state index is -1.29. The van der Waals surface area contributed by atoms with Crippen molar-refractivity contribution in [1.82, 2.24) is 0 Å². The zero-order chi connectivity index (χ0) is 13.3. The quantitative estimate of drug-likeness (QED) is 0.854. The predicted octanol–water partition coefficient (Wildman–Crippen LogP) is 3.10. The summed E-state index contributed by atoms with van der Waals surface area (Å²) in [5.74, 6) is -0.242. The molecule has 0 bridgehead atoms. The molecule has 3 heteroatoms. The third kappa shape index (κ3) is 2.36. The first-order chi connectivity index (χ1) is 8.39. The second-order valence-electron chi connectivity index (χ2n) is 4.64. The van der Waals surface area contributed by atoms with Crippen molar-refractivity contribution in [2.75, 3.05) is 0 Å². The van der Waals surface area contributed by atoms with E-state index in [4.69, 9.17) is 0 Å². The number of phenolic OH excluding ortho intramolecular Hbond substituents is 1. The van der Waals surface area contributed by atoms with Crippen molar-refractivity contribution >= 4 is 0 Å². The molecule has 0 radical (unpaired) electrons. The van der Waals surface area contributed by atoms with Crippen LogP contribution in [-0.2, 0) is 5.60 Å². The van der Waals surface area contributed by atoms with Gasteiger partial charge in [-0.2, -0.15) is 0 Å². The van der Waals surface area contributed by atoms with Crippen molar-refractivity contribution in [3.8, 4) is 5.75 Å². The van der Waals surface area contributed by atoms with Gasteiger partial charge < -0.3 is 10.2 Å². The van der Waals surface area contributed by atoms with Gasteiger partial charge in [0, 0.05) is 0 Å². The van der Waals surface area contributed by atoms with Gasteiger partial charge in [-0.05, 0) is 54.8 Å². The third-order valence-corrected chi connectivity index (χ3v) is 3.03. The molecule has 0 amide bonds. The molecule has 2 nitrogen and oxygen atoms in total. The number of hydrogen-bond donors (Lipinski definition) is 2. The summed E-state index contributed by atoms with van der Waals surface area (Å²) < 4.78 is 13.4. The lowest BCUT2D eigenvalue weighted by atomic mass is 9.87. The Kier molecular flexibility index (Phi) is 3.09. The number of aryl methyl sites for hydroxylation is 1. The summed E-state index contributed by atoms with van der Waals surface area (Å²) in [5.41, 5.74) is 0.556. The summed E-state index contributed by atoms with van der Waals surface area (Å²) in [6, 6.07) is 10.7. The molecule has 2 rings (SSSR count). The Balaban J connectivity index is 2.49. The summed E-state index contributed by atoms with van der Waals surface area (Å²) in [6.45, 7) is 3.38. The third-order valence-electron chi connectivity index (χ3n) is 3.03. The van der Waals surface area contributed by atoms with E-state index in [1.807, 2.05) is 0 Å². The predicted molar refractivity (Wildman–Crippen MR) is 67.9 cm³/mol. The van der Waals surface area contributed by atoms with Gasteiger partial charge in [0.1, 0.15) is 17.2 Å². The smallest absolute Gasteiger partial charge is 0.123 e. The largest absolute Gasteiger partial charge is 0.508 e. The summed E-state index contributed by atoms with van der Waals surface area (Å²) in [5, 5.41) is 19.8. The number of aromatic hydroxyl groups is 1. The highest BCUT2D eigenvalue weighted by atomic mass is 19.1. The van der Waals surface area contributed by atoms with Crippen LogP contribution in [0.25, 0.3) is 0 Å². The van der Waals surface area contributed by atoms with Crippen molar-refractivity contribution in [2.45, 2.75) is 19.4 Å². The molecule has 1 unspecified atom stereocenters. The van der Waals surface area contributed by atoms with Crippen LogP contribution in [0.15, 0.2) is 42.5 Å². The molecule has 0 saturated heterocycles. The molecule has 1 atom stereocenters. The van der Waals surface area contributed by atoms with Crippen molar-refractivity contribution in [3.63, 3.8) is 0 Å². The fraction of sp³-hybridized carbons (Fsp3) is 0.200. The number of hydrogen-bond acceptors (Lipinski definition) is 2. The van der Waals surface area contributed by atoms with E-state index in [0.717, 1.165) is 5.56 Å². The fourth-order valence-electron chi connectivity index (χ4n) is 1.97. The molecular weight excluding hydrogens is 231 g/mol. The normalized spacial score (nSPS) is 14.2. The Bertz CT molecular complexity index is 539. The Morgan fingerprint density at radius 2 is 1.61 bits per heavy atom. The van der Waals surface area contributed by atoms with E-state index in [1.165, 1.54) is 24.3 Å². The molecule has 0 spiro atoms. The zero-order valence-corrected chi connectivity index (χ0v) is 10.3. The molecule has 0 aliphatic rings. The molecule has 2 aromatic rings. The average Bonchev–Trinajstić information content (AvgIpc) is 2.28. The van der Waals surface area contributed by atoms with E-state index >= 15 is 0 Å². The lowest BCUT2D eigenvalue weighted by molar-refractivity contribution is 0.102. The van der Waals surface area contributed by atoms with Gasteiger partial charge in [0.2, 0.25) is 0 Å². The highest BCUT2D eigenvalue weighted by Gasteiger charge is 2.26. The molecule has 94 valence electrons. The van der Waals surface area contributed by atoms with Crippen LogP contribution in [0.2, 0.25) is 0 Å². The van der Waals surface area contributed by atoms with Crippen LogP contribution in [-0.4, -0.2) is 10.2 Å². The van der Waals surface area contributed by atoms with E-state index in [2.05, 4.69) is 0 Å². The topological polar surface area (TPSA) is 40.5 Å². The first-order valence-corrected chi connectivity index (χ1v) is 5.69. The van der Waals surface area contributed by atoms with Crippen molar-refractivity contribution < 1.29 is 14.6 Å². The number of benzene rings is 2. The van der Waals surface area contributed by atoms with Gasteiger partial charge in [0.05, 0.1) is 0 Å². The first-order valence-electron chi connectivity index (χ1n) is 5.69. The summed E-state index contributed by atoms with van der Waals surface area (Å²) in [6.07, 6.45) is 0. The minimum absolute atomic E-state index is 0.130. The molecule has 0 aliphatic carbocycles. The van der Waals surface area contributed by atoms with Gasteiger partial charge in [-0.1, -0.05) is 18.2 Å². The molecule has 0 fully saturated rings. The molecule has 2 aromatic carbocycles. The Morgan fingerprint density at radius 3 is 2.17 bits per heavy atom. The van der Waals surface area contributed by atoms with Crippen LogP contribution in [0.4, 0.5) is 4.39 Å². The van der Waals surface area contributed by atoms with Gasteiger partial charge in [0.25, 0.3) is 0 Å². The maximum atomic E-state index is 13.4. The maximum absolute atomic E-state index is 13.4. The first kappa shape index (κ1) is 12.6. The van der Waals surface area contributed by atoms with Gasteiger partial charge in [0.15, 0.2) is 0 Å². The van der Waals surface area contributed by atoms with Crippen LogP contribution in [0, 0.1) is 12.7 Å². The van der Waals surface area contributed by atoms with Crippen LogP contribution in [0.3, 0.4) is 0 Å². The number of aliphatic hydroxyl groups is 1. The van der Waals surface area contributed by atoms with Crippen LogP contribution < -0.4 is 0 Å². The lowest BCUT2D eigenvalue weighted by Gasteiger charge is -2.25. The van der Waals surface area contributed by atoms with E-state index < -0.39 is 5.60 Å². The van der Waals surface area contributed by atoms with Crippen molar-refractivity contribution in [2.24, 2.45) is 0 Å². The Hall–Kier alpha value is -1.87. The molecule has 0 aliphatic heterocycles. The van der Waals surface area contributed by atoms with Crippen LogP contribution >= 0.6 is 0 Å². The standard InChI is InChI=1S/C15H15FO2/c1-10-7-12(9-13(16)8-10)15(2,18)11-3-5-14(17)6-4-11/h3-9,17-18H,1-2H3. The minimum Gasteiger partial charge on any atom is -0.508 e. The Labute approximate surface area is 105 Å². The fourth-order valence-corrected chi connectivity index (χ4v) is 1.97. The number of halogens is 1.